The van der Waals surface area contributed by atoms with E-state index in [2.05, 4.69) is 11.8 Å². The van der Waals surface area contributed by atoms with Gasteiger partial charge in [-0.05, 0) is 37.3 Å². The Morgan fingerprint density at radius 3 is 2.72 bits per heavy atom. The molecule has 0 radical (unpaired) electrons. The molecule has 0 aliphatic heterocycles. The van der Waals surface area contributed by atoms with Crippen LogP contribution < -0.4 is 16.4 Å². The summed E-state index contributed by atoms with van der Waals surface area (Å²) in [5, 5.41) is 0. The van der Waals surface area contributed by atoms with Crippen molar-refractivity contribution in [2.45, 2.75) is 26.2 Å². The van der Waals surface area contributed by atoms with Gasteiger partial charge in [-0.25, -0.2) is 0 Å². The van der Waals surface area contributed by atoms with Gasteiger partial charge in [0.1, 0.15) is 0 Å². The molecule has 0 spiro atoms. The third-order valence-electron chi connectivity index (χ3n) is 3.36. The van der Waals surface area contributed by atoms with E-state index in [1.165, 1.54) is 12.8 Å². The van der Waals surface area contributed by atoms with Crippen LogP contribution in [0.5, 0.6) is 0 Å². The van der Waals surface area contributed by atoms with Gasteiger partial charge >= 0.3 is 0 Å². The number of hydrogen-bond acceptors (Lipinski definition) is 3. The lowest BCUT2D eigenvalue weighted by atomic mass is 10.1. The van der Waals surface area contributed by atoms with Crippen LogP contribution in [0.1, 0.15) is 36.5 Å². The monoisotopic (exact) mass is 247 g/mol. The van der Waals surface area contributed by atoms with Gasteiger partial charge in [-0.3, -0.25) is 4.79 Å². The van der Waals surface area contributed by atoms with Crippen molar-refractivity contribution >= 4 is 17.3 Å². The SMILES string of the molecule is CCCN(CC1CC1)c1cccc(C(N)=O)c1N. The Morgan fingerprint density at radius 2 is 2.17 bits per heavy atom. The van der Waals surface area contributed by atoms with Crippen LogP contribution in [-0.4, -0.2) is 19.0 Å². The zero-order valence-corrected chi connectivity index (χ0v) is 10.9. The molecule has 0 atom stereocenters. The van der Waals surface area contributed by atoms with Crippen LogP contribution in [0.4, 0.5) is 11.4 Å². The summed E-state index contributed by atoms with van der Waals surface area (Å²) in [7, 11) is 0. The number of para-hydroxylation sites is 1. The fraction of sp³-hybridized carbons (Fsp3) is 0.500. The fourth-order valence-electron chi connectivity index (χ4n) is 2.24. The lowest BCUT2D eigenvalue weighted by Crippen LogP contribution is -2.28. The first-order valence-corrected chi connectivity index (χ1v) is 6.56. The summed E-state index contributed by atoms with van der Waals surface area (Å²) in [5.74, 6) is 0.324. The Kier molecular flexibility index (Phi) is 3.75. The van der Waals surface area contributed by atoms with Crippen LogP contribution in [0, 0.1) is 5.92 Å². The fourth-order valence-corrected chi connectivity index (χ4v) is 2.24. The number of primary amides is 1. The van der Waals surface area contributed by atoms with Crippen LogP contribution in [0.2, 0.25) is 0 Å². The lowest BCUT2D eigenvalue weighted by molar-refractivity contribution is 0.100. The first kappa shape index (κ1) is 12.7. The Morgan fingerprint density at radius 1 is 1.44 bits per heavy atom. The number of nitrogens with zero attached hydrogens (tertiary/aromatic N) is 1. The second-order valence-electron chi connectivity index (χ2n) is 4.99. The highest BCUT2D eigenvalue weighted by Gasteiger charge is 2.25. The predicted octanol–water partition coefficient (Wildman–Crippen LogP) is 1.99. The number of anilines is 2. The Hall–Kier alpha value is -1.71. The van der Waals surface area contributed by atoms with Crippen molar-refractivity contribution in [3.8, 4) is 0 Å². The van der Waals surface area contributed by atoms with Crippen LogP contribution in [0.25, 0.3) is 0 Å². The highest BCUT2D eigenvalue weighted by atomic mass is 16.1. The number of rotatable bonds is 6. The van der Waals surface area contributed by atoms with E-state index in [4.69, 9.17) is 11.5 Å². The molecule has 1 fully saturated rings. The molecular formula is C14H21N3O. The van der Waals surface area contributed by atoms with Crippen molar-refractivity contribution in [1.29, 1.82) is 0 Å². The van der Waals surface area contributed by atoms with Gasteiger partial charge in [0.2, 0.25) is 0 Å². The molecule has 4 N–H and O–H groups in total. The average Bonchev–Trinajstić information content (AvgIpc) is 3.12. The minimum Gasteiger partial charge on any atom is -0.396 e. The molecule has 1 saturated carbocycles. The number of nitrogens with two attached hydrogens (primary N) is 2. The van der Waals surface area contributed by atoms with Gasteiger partial charge in [0.25, 0.3) is 5.91 Å². The molecule has 4 heteroatoms. The molecule has 0 heterocycles. The molecule has 1 aliphatic carbocycles. The predicted molar refractivity (Wildman–Crippen MR) is 74.6 cm³/mol. The second-order valence-corrected chi connectivity index (χ2v) is 4.99. The first-order valence-electron chi connectivity index (χ1n) is 6.56. The minimum absolute atomic E-state index is 0.421. The molecule has 4 nitrogen and oxygen atoms in total. The molecule has 98 valence electrons. The van der Waals surface area contributed by atoms with Gasteiger partial charge < -0.3 is 16.4 Å². The summed E-state index contributed by atoms with van der Waals surface area (Å²) < 4.78 is 0. The van der Waals surface area contributed by atoms with Crippen LogP contribution in [0.15, 0.2) is 18.2 Å². The summed E-state index contributed by atoms with van der Waals surface area (Å²) in [6.45, 7) is 4.14. The summed E-state index contributed by atoms with van der Waals surface area (Å²) in [4.78, 5) is 13.6. The van der Waals surface area contributed by atoms with Crippen molar-refractivity contribution in [2.24, 2.45) is 11.7 Å². The van der Waals surface area contributed by atoms with E-state index >= 15 is 0 Å². The maximum Gasteiger partial charge on any atom is 0.250 e. The molecule has 0 unspecified atom stereocenters. The molecule has 0 bridgehead atoms. The summed E-state index contributed by atoms with van der Waals surface area (Å²) in [5.41, 5.74) is 13.3. The van der Waals surface area contributed by atoms with Gasteiger partial charge in [0, 0.05) is 13.1 Å². The van der Waals surface area contributed by atoms with E-state index in [9.17, 15) is 4.79 Å². The van der Waals surface area contributed by atoms with E-state index in [1.54, 1.807) is 6.07 Å². The number of carbonyl (C=O) groups excluding carboxylic acids is 1. The van der Waals surface area contributed by atoms with Crippen molar-refractivity contribution in [2.75, 3.05) is 23.7 Å². The Labute approximate surface area is 108 Å². The molecule has 1 aliphatic rings. The maximum atomic E-state index is 11.3. The van der Waals surface area contributed by atoms with E-state index < -0.39 is 5.91 Å². The number of nitrogen functional groups attached to an aromatic ring is 1. The molecule has 1 aromatic rings. The summed E-state index contributed by atoms with van der Waals surface area (Å²) in [6.07, 6.45) is 3.66. The van der Waals surface area contributed by atoms with Crippen LogP contribution >= 0.6 is 0 Å². The van der Waals surface area contributed by atoms with Crippen molar-refractivity contribution in [3.63, 3.8) is 0 Å². The van der Waals surface area contributed by atoms with Crippen LogP contribution in [0.3, 0.4) is 0 Å². The van der Waals surface area contributed by atoms with Crippen molar-refractivity contribution in [3.05, 3.63) is 23.8 Å². The molecule has 18 heavy (non-hydrogen) atoms. The van der Waals surface area contributed by atoms with E-state index in [1.807, 2.05) is 12.1 Å². The maximum absolute atomic E-state index is 11.3. The summed E-state index contributed by atoms with van der Waals surface area (Å²) in [6, 6.07) is 5.50. The van der Waals surface area contributed by atoms with Crippen molar-refractivity contribution < 1.29 is 4.79 Å². The van der Waals surface area contributed by atoms with Crippen molar-refractivity contribution in [1.82, 2.24) is 0 Å². The Bertz CT molecular complexity index is 441. The molecule has 0 saturated heterocycles. The molecule has 0 aromatic heterocycles. The van der Waals surface area contributed by atoms with Crippen LogP contribution in [-0.2, 0) is 0 Å². The number of benzene rings is 1. The average molecular weight is 247 g/mol. The van der Waals surface area contributed by atoms with Gasteiger partial charge in [-0.15, -0.1) is 0 Å². The lowest BCUT2D eigenvalue weighted by Gasteiger charge is -2.26. The van der Waals surface area contributed by atoms with Gasteiger partial charge in [0.05, 0.1) is 16.9 Å². The zero-order chi connectivity index (χ0) is 13.1. The minimum atomic E-state index is -0.461. The summed E-state index contributed by atoms with van der Waals surface area (Å²) >= 11 is 0. The zero-order valence-electron chi connectivity index (χ0n) is 10.9. The molecule has 1 aromatic carbocycles. The molecule has 1 amide bonds. The topological polar surface area (TPSA) is 72.3 Å². The first-order chi connectivity index (χ1) is 8.63. The Balaban J connectivity index is 2.27. The number of carbonyl (C=O) groups is 1. The number of hydrogen-bond donors (Lipinski definition) is 2. The highest BCUT2D eigenvalue weighted by molar-refractivity contribution is 6.00. The van der Waals surface area contributed by atoms with E-state index in [-0.39, 0.29) is 0 Å². The second kappa shape index (κ2) is 5.29. The quantitative estimate of drug-likeness (QED) is 0.755. The standard InChI is InChI=1S/C14H21N3O/c1-2-8-17(9-10-6-7-10)12-5-3-4-11(13(12)15)14(16)18/h3-5,10H,2,6-9,15H2,1H3,(H2,16,18). The largest absolute Gasteiger partial charge is 0.396 e. The van der Waals surface area contributed by atoms with Gasteiger partial charge in [0.15, 0.2) is 0 Å². The van der Waals surface area contributed by atoms with E-state index in [0.717, 1.165) is 31.1 Å². The highest BCUT2D eigenvalue weighted by Crippen LogP contribution is 2.34. The van der Waals surface area contributed by atoms with E-state index in [0.29, 0.717) is 11.3 Å². The third-order valence-corrected chi connectivity index (χ3v) is 3.36. The smallest absolute Gasteiger partial charge is 0.250 e. The number of amides is 1. The van der Waals surface area contributed by atoms with Gasteiger partial charge in [-0.2, -0.15) is 0 Å². The van der Waals surface area contributed by atoms with Gasteiger partial charge in [-0.1, -0.05) is 13.0 Å². The molecule has 2 rings (SSSR count). The normalized spacial score (nSPS) is 14.5. The third kappa shape index (κ3) is 2.75. The molecular weight excluding hydrogens is 226 g/mol.